The molecule has 0 aromatic rings. The van der Waals surface area contributed by atoms with Gasteiger partial charge in [0.2, 0.25) is 0 Å². The lowest BCUT2D eigenvalue weighted by atomic mass is 9.87. The van der Waals surface area contributed by atoms with Crippen molar-refractivity contribution < 1.29 is 4.74 Å². The Balaban J connectivity index is 1.46. The summed E-state index contributed by atoms with van der Waals surface area (Å²) in [5, 5.41) is 3.70. The minimum absolute atomic E-state index is 0.521. The fourth-order valence-corrected chi connectivity index (χ4v) is 4.28. The lowest BCUT2D eigenvalue weighted by molar-refractivity contribution is -0.0355. The molecule has 3 heteroatoms. The molecule has 3 atom stereocenters. The van der Waals surface area contributed by atoms with Crippen LogP contribution in [0.25, 0.3) is 0 Å². The maximum Gasteiger partial charge on any atom is 0.0587 e. The second-order valence-corrected chi connectivity index (χ2v) is 6.66. The lowest BCUT2D eigenvalue weighted by Crippen LogP contribution is -2.48. The van der Waals surface area contributed by atoms with Crippen molar-refractivity contribution in [1.82, 2.24) is 10.2 Å². The minimum Gasteiger partial charge on any atom is -0.378 e. The number of nitrogens with zero attached hydrogens (tertiary/aromatic N) is 1. The highest BCUT2D eigenvalue weighted by Gasteiger charge is 2.32. The van der Waals surface area contributed by atoms with Crippen molar-refractivity contribution >= 4 is 0 Å². The molecule has 0 saturated carbocycles. The maximum atomic E-state index is 5.81. The van der Waals surface area contributed by atoms with Crippen molar-refractivity contribution in [3.63, 3.8) is 0 Å². The van der Waals surface area contributed by atoms with Crippen LogP contribution in [0.4, 0.5) is 0 Å². The normalized spacial score (nSPS) is 38.7. The molecular formula is C16H30N2O. The Bertz CT molecular complexity index is 270. The van der Waals surface area contributed by atoms with Gasteiger partial charge in [0.1, 0.15) is 0 Å². The van der Waals surface area contributed by atoms with Crippen molar-refractivity contribution in [2.75, 3.05) is 26.2 Å². The molecule has 110 valence electrons. The van der Waals surface area contributed by atoms with E-state index in [-0.39, 0.29) is 0 Å². The summed E-state index contributed by atoms with van der Waals surface area (Å²) >= 11 is 0. The largest absolute Gasteiger partial charge is 0.378 e. The first-order valence-corrected chi connectivity index (χ1v) is 8.46. The van der Waals surface area contributed by atoms with Crippen LogP contribution in [0.2, 0.25) is 0 Å². The molecule has 0 spiro atoms. The van der Waals surface area contributed by atoms with E-state index >= 15 is 0 Å². The zero-order chi connectivity index (χ0) is 13.1. The Hall–Kier alpha value is -0.120. The summed E-state index contributed by atoms with van der Waals surface area (Å²) in [6.45, 7) is 7.13. The molecule has 3 aliphatic heterocycles. The number of hydrogen-bond donors (Lipinski definition) is 1. The van der Waals surface area contributed by atoms with Crippen LogP contribution in [0.1, 0.15) is 51.9 Å². The molecule has 0 radical (unpaired) electrons. The number of piperidine rings is 1. The Kier molecular flexibility index (Phi) is 4.78. The third-order valence-electron chi connectivity index (χ3n) is 5.55. The van der Waals surface area contributed by atoms with E-state index in [1.807, 2.05) is 0 Å². The Labute approximate surface area is 118 Å². The van der Waals surface area contributed by atoms with E-state index in [0.29, 0.717) is 6.10 Å². The van der Waals surface area contributed by atoms with Crippen molar-refractivity contribution in [2.24, 2.45) is 5.92 Å². The van der Waals surface area contributed by atoms with Gasteiger partial charge >= 0.3 is 0 Å². The van der Waals surface area contributed by atoms with Gasteiger partial charge in [0.05, 0.1) is 6.10 Å². The first-order valence-electron chi connectivity index (χ1n) is 8.46. The summed E-state index contributed by atoms with van der Waals surface area (Å²) in [6, 6.07) is 1.64. The van der Waals surface area contributed by atoms with Crippen LogP contribution < -0.4 is 5.32 Å². The molecule has 0 amide bonds. The summed E-state index contributed by atoms with van der Waals surface area (Å²) < 4.78 is 5.81. The molecule has 3 nitrogen and oxygen atoms in total. The molecule has 3 aliphatic rings. The summed E-state index contributed by atoms with van der Waals surface area (Å²) in [5.74, 6) is 0.945. The Morgan fingerprint density at radius 3 is 2.68 bits per heavy atom. The topological polar surface area (TPSA) is 24.5 Å². The zero-order valence-electron chi connectivity index (χ0n) is 12.4. The molecule has 1 N–H and O–H groups in total. The average molecular weight is 266 g/mol. The third kappa shape index (κ3) is 3.32. The van der Waals surface area contributed by atoms with E-state index in [4.69, 9.17) is 4.74 Å². The number of nitrogens with one attached hydrogen (secondary N) is 1. The Morgan fingerprint density at radius 1 is 1.16 bits per heavy atom. The fourth-order valence-electron chi connectivity index (χ4n) is 4.28. The predicted molar refractivity (Wildman–Crippen MR) is 78.4 cm³/mol. The first-order chi connectivity index (χ1) is 9.36. The smallest absolute Gasteiger partial charge is 0.0587 e. The standard InChI is InChI=1S/C16H30N2O/c1-2-15-12-14(7-11-19-15)18-9-5-13(6-10-18)16-4-3-8-17-16/h13-17H,2-12H2,1H3. The molecule has 3 heterocycles. The van der Waals surface area contributed by atoms with E-state index in [0.717, 1.165) is 24.6 Å². The molecule has 3 saturated heterocycles. The van der Waals surface area contributed by atoms with Crippen molar-refractivity contribution in [1.29, 1.82) is 0 Å². The van der Waals surface area contributed by atoms with Crippen LogP contribution in [0.5, 0.6) is 0 Å². The summed E-state index contributed by atoms with van der Waals surface area (Å²) in [4.78, 5) is 2.76. The van der Waals surface area contributed by atoms with Gasteiger partial charge < -0.3 is 15.0 Å². The van der Waals surface area contributed by atoms with Crippen molar-refractivity contribution in [3.05, 3.63) is 0 Å². The second-order valence-electron chi connectivity index (χ2n) is 6.66. The van der Waals surface area contributed by atoms with Crippen LogP contribution in [0.15, 0.2) is 0 Å². The fraction of sp³-hybridized carbons (Fsp3) is 1.00. The van der Waals surface area contributed by atoms with Gasteiger partial charge in [-0.1, -0.05) is 6.92 Å². The summed E-state index contributed by atoms with van der Waals surface area (Å²) in [7, 11) is 0. The van der Waals surface area contributed by atoms with Gasteiger partial charge in [0.25, 0.3) is 0 Å². The molecule has 19 heavy (non-hydrogen) atoms. The monoisotopic (exact) mass is 266 g/mol. The number of rotatable bonds is 3. The number of hydrogen-bond acceptors (Lipinski definition) is 3. The minimum atomic E-state index is 0.521. The second kappa shape index (κ2) is 6.55. The summed E-state index contributed by atoms with van der Waals surface area (Å²) in [6.07, 6.45) is 9.85. The van der Waals surface area contributed by atoms with E-state index in [9.17, 15) is 0 Å². The van der Waals surface area contributed by atoms with Crippen LogP contribution in [0.3, 0.4) is 0 Å². The van der Waals surface area contributed by atoms with E-state index in [1.165, 1.54) is 64.6 Å². The van der Waals surface area contributed by atoms with Gasteiger partial charge in [-0.25, -0.2) is 0 Å². The van der Waals surface area contributed by atoms with E-state index in [1.54, 1.807) is 0 Å². The van der Waals surface area contributed by atoms with Crippen LogP contribution in [0, 0.1) is 5.92 Å². The van der Waals surface area contributed by atoms with Gasteiger partial charge in [0.15, 0.2) is 0 Å². The van der Waals surface area contributed by atoms with E-state index in [2.05, 4.69) is 17.1 Å². The highest BCUT2D eigenvalue weighted by atomic mass is 16.5. The summed E-state index contributed by atoms with van der Waals surface area (Å²) in [5.41, 5.74) is 0. The number of ether oxygens (including phenoxy) is 1. The number of likely N-dealkylation sites (tertiary alicyclic amines) is 1. The van der Waals surface area contributed by atoms with Crippen LogP contribution >= 0.6 is 0 Å². The van der Waals surface area contributed by atoms with Crippen molar-refractivity contribution in [3.8, 4) is 0 Å². The van der Waals surface area contributed by atoms with Gasteiger partial charge in [0, 0.05) is 18.7 Å². The maximum absolute atomic E-state index is 5.81. The van der Waals surface area contributed by atoms with Crippen LogP contribution in [-0.2, 0) is 4.74 Å². The SMILES string of the molecule is CCC1CC(N2CCC(C3CCCN3)CC2)CCO1. The highest BCUT2D eigenvalue weighted by molar-refractivity contribution is 4.88. The highest BCUT2D eigenvalue weighted by Crippen LogP contribution is 2.29. The third-order valence-corrected chi connectivity index (χ3v) is 5.55. The molecule has 0 aliphatic carbocycles. The molecule has 3 unspecified atom stereocenters. The van der Waals surface area contributed by atoms with Crippen LogP contribution in [-0.4, -0.2) is 49.3 Å². The zero-order valence-corrected chi connectivity index (χ0v) is 12.4. The van der Waals surface area contributed by atoms with Gasteiger partial charge in [-0.2, -0.15) is 0 Å². The quantitative estimate of drug-likeness (QED) is 0.849. The molecular weight excluding hydrogens is 236 g/mol. The molecule has 3 rings (SSSR count). The first kappa shape index (κ1) is 13.8. The van der Waals surface area contributed by atoms with Gasteiger partial charge in [-0.3, -0.25) is 0 Å². The lowest BCUT2D eigenvalue weighted by Gasteiger charge is -2.42. The molecule has 0 bridgehead atoms. The predicted octanol–water partition coefficient (Wildman–Crippen LogP) is 2.41. The average Bonchev–Trinajstić information content (AvgIpc) is 3.02. The molecule has 0 aromatic heterocycles. The Morgan fingerprint density at radius 2 is 2.00 bits per heavy atom. The molecule has 0 aromatic carbocycles. The van der Waals surface area contributed by atoms with Crippen molar-refractivity contribution in [2.45, 2.75) is 70.1 Å². The van der Waals surface area contributed by atoms with E-state index < -0.39 is 0 Å². The van der Waals surface area contributed by atoms with Gasteiger partial charge in [-0.05, 0) is 70.5 Å². The molecule has 3 fully saturated rings. The van der Waals surface area contributed by atoms with Gasteiger partial charge in [-0.15, -0.1) is 0 Å².